The summed E-state index contributed by atoms with van der Waals surface area (Å²) in [7, 11) is 0. The van der Waals surface area contributed by atoms with Gasteiger partial charge >= 0.3 is 0 Å². The molecular weight excluding hydrogens is 518 g/mol. The first-order valence-corrected chi connectivity index (χ1v) is 13.1. The average Bonchev–Trinajstić information content (AvgIpc) is 2.91. The fraction of sp³-hybridized carbons (Fsp3) is 0.462. The maximum atomic E-state index is 9.98. The van der Waals surface area contributed by atoms with E-state index in [-0.39, 0.29) is 54.1 Å². The van der Waals surface area contributed by atoms with Gasteiger partial charge in [-0.3, -0.25) is 0 Å². The summed E-state index contributed by atoms with van der Waals surface area (Å²) in [5.74, 6) is 0.262. The fourth-order valence-corrected chi connectivity index (χ4v) is 4.39. The number of ether oxygens (including phenoxy) is 6. The highest BCUT2D eigenvalue weighted by Gasteiger charge is 2.27. The smallest absolute Gasteiger partial charge is 0.158 e. The molecule has 0 aliphatic carbocycles. The lowest BCUT2D eigenvalue weighted by Gasteiger charge is -2.19. The van der Waals surface area contributed by atoms with Crippen LogP contribution in [0.2, 0.25) is 5.02 Å². The van der Waals surface area contributed by atoms with Gasteiger partial charge in [0.1, 0.15) is 41.5 Å². The first kappa shape index (κ1) is 30.5. The van der Waals surface area contributed by atoms with Crippen molar-refractivity contribution in [2.24, 2.45) is 0 Å². The van der Waals surface area contributed by atoms with Crippen molar-refractivity contribution in [2.75, 3.05) is 71.8 Å². The van der Waals surface area contributed by atoms with Crippen LogP contribution in [0.3, 0.4) is 0 Å². The second kappa shape index (κ2) is 17.7. The Morgan fingerprint density at radius 1 is 0.757 bits per heavy atom. The topological polar surface area (TPSA) is 129 Å². The Morgan fingerprint density at radius 3 is 1.78 bits per heavy atom. The molecule has 2 rings (SSSR count). The Morgan fingerprint density at radius 2 is 1.24 bits per heavy atom. The van der Waals surface area contributed by atoms with Crippen LogP contribution in [0.25, 0.3) is 0 Å². The first-order valence-electron chi connectivity index (χ1n) is 11.9. The van der Waals surface area contributed by atoms with E-state index in [1.54, 1.807) is 6.07 Å². The van der Waals surface area contributed by atoms with Gasteiger partial charge in [0.2, 0.25) is 0 Å². The third-order valence-corrected chi connectivity index (χ3v) is 6.42. The van der Waals surface area contributed by atoms with E-state index in [1.165, 1.54) is 11.8 Å². The van der Waals surface area contributed by atoms with E-state index < -0.39 is 0 Å². The Bertz CT molecular complexity index is 1070. The zero-order valence-electron chi connectivity index (χ0n) is 21.1. The molecule has 0 bridgehead atoms. The van der Waals surface area contributed by atoms with Gasteiger partial charge in [0.05, 0.1) is 44.5 Å². The highest BCUT2D eigenvalue weighted by atomic mass is 35.5. The Hall–Kier alpha value is -2.70. The summed E-state index contributed by atoms with van der Waals surface area (Å²) in [6.07, 6.45) is 0. The predicted octanol–water partition coefficient (Wildman–Crippen LogP) is 4.68. The van der Waals surface area contributed by atoms with Crippen molar-refractivity contribution in [1.82, 2.24) is 0 Å². The number of nitriles is 2. The number of hydrogen-bond donors (Lipinski definition) is 1. The standard InChI is InChI=1S/C26H32ClN3O6S/c1-3-31-9-11-33-13-15-35-24-19(17-28)20(18-29)25(36-16-14-34-12-10-32-4-2)26(23(24)27)37-22-8-6-5-7-21(22)30/h5-8H,3-4,9-16,30H2,1-2H3. The van der Waals surface area contributed by atoms with Gasteiger partial charge in [-0.25, -0.2) is 0 Å². The van der Waals surface area contributed by atoms with Crippen molar-refractivity contribution in [3.05, 3.63) is 40.4 Å². The number of halogens is 1. The fourth-order valence-electron chi connectivity index (χ4n) is 3.05. The molecule has 2 aromatic rings. The second-order valence-corrected chi connectivity index (χ2v) is 8.66. The number of rotatable bonds is 18. The molecule has 0 aliphatic heterocycles. The van der Waals surface area contributed by atoms with Crippen LogP contribution in [-0.4, -0.2) is 66.1 Å². The summed E-state index contributed by atoms with van der Waals surface area (Å²) in [4.78, 5) is 1.12. The lowest BCUT2D eigenvalue weighted by molar-refractivity contribution is 0.0397. The van der Waals surface area contributed by atoms with Crippen LogP contribution in [-0.2, 0) is 18.9 Å². The zero-order chi connectivity index (χ0) is 26.9. The van der Waals surface area contributed by atoms with E-state index in [9.17, 15) is 10.5 Å². The molecule has 11 heteroatoms. The summed E-state index contributed by atoms with van der Waals surface area (Å²) in [6, 6.07) is 11.4. The van der Waals surface area contributed by atoms with E-state index in [0.717, 1.165) is 0 Å². The second-order valence-electron chi connectivity index (χ2n) is 7.23. The monoisotopic (exact) mass is 549 g/mol. The van der Waals surface area contributed by atoms with Gasteiger partial charge in [-0.05, 0) is 26.0 Å². The lowest BCUT2D eigenvalue weighted by Crippen LogP contribution is -2.14. The van der Waals surface area contributed by atoms with Gasteiger partial charge in [0.25, 0.3) is 0 Å². The number of anilines is 1. The van der Waals surface area contributed by atoms with Crippen molar-refractivity contribution >= 4 is 29.1 Å². The highest BCUT2D eigenvalue weighted by molar-refractivity contribution is 7.99. The lowest BCUT2D eigenvalue weighted by atomic mass is 10.1. The van der Waals surface area contributed by atoms with Crippen LogP contribution in [0.5, 0.6) is 11.5 Å². The van der Waals surface area contributed by atoms with Gasteiger partial charge in [0, 0.05) is 23.8 Å². The maximum absolute atomic E-state index is 9.98. The highest BCUT2D eigenvalue weighted by Crippen LogP contribution is 2.49. The van der Waals surface area contributed by atoms with E-state index in [0.29, 0.717) is 55.1 Å². The molecule has 0 fully saturated rings. The molecule has 2 aromatic carbocycles. The third kappa shape index (κ3) is 9.60. The molecule has 0 spiro atoms. The molecule has 9 nitrogen and oxygen atoms in total. The van der Waals surface area contributed by atoms with Gasteiger partial charge in [0.15, 0.2) is 11.5 Å². The van der Waals surface area contributed by atoms with E-state index in [4.69, 9.17) is 45.8 Å². The van der Waals surface area contributed by atoms with Gasteiger partial charge in [-0.1, -0.05) is 35.5 Å². The molecule has 0 amide bonds. The van der Waals surface area contributed by atoms with Gasteiger partial charge in [-0.2, -0.15) is 10.5 Å². The number of hydrogen-bond acceptors (Lipinski definition) is 10. The number of nitrogens with zero attached hydrogens (tertiary/aromatic N) is 2. The Kier molecular flexibility index (Phi) is 14.6. The van der Waals surface area contributed by atoms with Crippen LogP contribution in [0.1, 0.15) is 25.0 Å². The summed E-state index contributed by atoms with van der Waals surface area (Å²) in [5, 5.41) is 20.0. The SMILES string of the molecule is CCOCCOCCOc1c(Cl)c(Sc2ccccc2N)c(OCCOCCOCC)c(C#N)c1C#N. The number of para-hydroxylation sites is 1. The van der Waals surface area contributed by atoms with Gasteiger partial charge < -0.3 is 34.2 Å². The molecule has 0 aliphatic rings. The van der Waals surface area contributed by atoms with Crippen molar-refractivity contribution in [3.63, 3.8) is 0 Å². The van der Waals surface area contributed by atoms with Crippen molar-refractivity contribution in [2.45, 2.75) is 23.6 Å². The normalized spacial score (nSPS) is 10.6. The number of nitrogens with two attached hydrogens (primary N) is 1. The molecule has 0 aromatic heterocycles. The molecule has 2 N–H and O–H groups in total. The Labute approximate surface area is 227 Å². The first-order chi connectivity index (χ1) is 18.1. The third-order valence-electron chi connectivity index (χ3n) is 4.76. The zero-order valence-corrected chi connectivity index (χ0v) is 22.7. The molecule has 0 heterocycles. The van der Waals surface area contributed by atoms with Gasteiger partial charge in [-0.15, -0.1) is 0 Å². The molecule has 0 radical (unpaired) electrons. The summed E-state index contributed by atoms with van der Waals surface area (Å²) in [5.41, 5.74) is 6.68. The quantitative estimate of drug-likeness (QED) is 0.206. The van der Waals surface area contributed by atoms with Crippen molar-refractivity contribution < 1.29 is 28.4 Å². The van der Waals surface area contributed by atoms with E-state index in [2.05, 4.69) is 6.07 Å². The molecule has 0 saturated heterocycles. The minimum atomic E-state index is -0.0144. The minimum absolute atomic E-state index is 0.0144. The molecule has 37 heavy (non-hydrogen) atoms. The van der Waals surface area contributed by atoms with Crippen molar-refractivity contribution in [3.8, 4) is 23.6 Å². The van der Waals surface area contributed by atoms with Crippen LogP contribution >= 0.6 is 23.4 Å². The summed E-state index contributed by atoms with van der Waals surface area (Å²) >= 11 is 8.00. The largest absolute Gasteiger partial charge is 0.488 e. The molecular formula is C26H32ClN3O6S. The maximum Gasteiger partial charge on any atom is 0.158 e. The van der Waals surface area contributed by atoms with Crippen LogP contribution in [0.4, 0.5) is 5.69 Å². The molecule has 0 unspecified atom stereocenters. The number of benzene rings is 2. The predicted molar refractivity (Wildman–Crippen MR) is 141 cm³/mol. The molecule has 200 valence electrons. The summed E-state index contributed by atoms with van der Waals surface area (Å²) < 4.78 is 33.3. The van der Waals surface area contributed by atoms with Crippen LogP contribution in [0.15, 0.2) is 34.1 Å². The molecule has 0 saturated carbocycles. The number of nitrogen functional groups attached to an aromatic ring is 1. The molecule has 0 atom stereocenters. The van der Waals surface area contributed by atoms with E-state index in [1.807, 2.05) is 38.1 Å². The van der Waals surface area contributed by atoms with Crippen LogP contribution < -0.4 is 15.2 Å². The Balaban J connectivity index is 2.31. The average molecular weight is 550 g/mol. The van der Waals surface area contributed by atoms with Crippen molar-refractivity contribution in [1.29, 1.82) is 10.5 Å². The van der Waals surface area contributed by atoms with Crippen LogP contribution in [0, 0.1) is 22.7 Å². The minimum Gasteiger partial charge on any atom is -0.488 e. The van der Waals surface area contributed by atoms with E-state index >= 15 is 0 Å². The summed E-state index contributed by atoms with van der Waals surface area (Å²) in [6.45, 7) is 7.56.